The molecule has 1 amide bonds. The highest BCUT2D eigenvalue weighted by molar-refractivity contribution is 9.10. The Morgan fingerprint density at radius 3 is 2.30 bits per heavy atom. The Balaban J connectivity index is 2.08. The predicted molar refractivity (Wildman–Crippen MR) is 98.5 cm³/mol. The summed E-state index contributed by atoms with van der Waals surface area (Å²) < 4.78 is 6.72. The molecule has 0 bridgehead atoms. The van der Waals surface area contributed by atoms with Crippen LogP contribution in [0.15, 0.2) is 34.8 Å². The third-order valence-corrected chi connectivity index (χ3v) is 4.63. The van der Waals surface area contributed by atoms with E-state index >= 15 is 0 Å². The van der Waals surface area contributed by atoms with Gasteiger partial charge in [0.25, 0.3) is 5.91 Å². The number of ether oxygens (including phenoxy) is 1. The van der Waals surface area contributed by atoms with Crippen molar-refractivity contribution in [2.75, 3.05) is 5.32 Å². The van der Waals surface area contributed by atoms with Gasteiger partial charge >= 0.3 is 0 Å². The summed E-state index contributed by atoms with van der Waals surface area (Å²) in [6.07, 6.45) is -0.613. The Labute approximate surface area is 150 Å². The maximum absolute atomic E-state index is 12.3. The smallest absolute Gasteiger partial charge is 0.265 e. The molecule has 23 heavy (non-hydrogen) atoms. The Morgan fingerprint density at radius 2 is 1.74 bits per heavy atom. The number of anilines is 1. The van der Waals surface area contributed by atoms with Crippen molar-refractivity contribution >= 4 is 39.1 Å². The number of hydrogen-bond donors (Lipinski definition) is 1. The van der Waals surface area contributed by atoms with Crippen molar-refractivity contribution in [1.82, 2.24) is 0 Å². The number of rotatable bonds is 4. The summed E-state index contributed by atoms with van der Waals surface area (Å²) in [5, 5.41) is 3.61. The molecule has 0 aliphatic carbocycles. The molecule has 0 heterocycles. The Kier molecular flexibility index (Phi) is 5.71. The molecule has 3 nitrogen and oxygen atoms in total. The molecule has 2 aromatic rings. The van der Waals surface area contributed by atoms with Gasteiger partial charge in [-0.1, -0.05) is 27.5 Å². The summed E-state index contributed by atoms with van der Waals surface area (Å²) in [5.41, 5.74) is 3.62. The van der Waals surface area contributed by atoms with Crippen LogP contribution in [-0.4, -0.2) is 12.0 Å². The zero-order chi connectivity index (χ0) is 17.1. The standard InChI is InChI=1S/C18H19BrClNO2/c1-10-7-14(19)5-6-16(10)21-18(22)13(4)23-15-8-11(2)17(20)12(3)9-15/h5-9,13H,1-4H3,(H,21,22). The van der Waals surface area contributed by atoms with Crippen LogP contribution in [-0.2, 0) is 4.79 Å². The fraction of sp³-hybridized carbons (Fsp3) is 0.278. The van der Waals surface area contributed by atoms with Crippen LogP contribution in [0.3, 0.4) is 0 Å². The largest absolute Gasteiger partial charge is 0.481 e. The highest BCUT2D eigenvalue weighted by atomic mass is 79.9. The molecule has 1 atom stereocenters. The Hall–Kier alpha value is -1.52. The number of amides is 1. The van der Waals surface area contributed by atoms with Crippen molar-refractivity contribution in [3.8, 4) is 5.75 Å². The lowest BCUT2D eigenvalue weighted by Crippen LogP contribution is -2.30. The normalized spacial score (nSPS) is 11.9. The number of carbonyl (C=O) groups is 1. The minimum Gasteiger partial charge on any atom is -0.481 e. The van der Waals surface area contributed by atoms with Crippen LogP contribution >= 0.6 is 27.5 Å². The van der Waals surface area contributed by atoms with E-state index in [2.05, 4.69) is 21.2 Å². The zero-order valence-electron chi connectivity index (χ0n) is 13.5. The maximum atomic E-state index is 12.3. The number of nitrogens with one attached hydrogen (secondary N) is 1. The third kappa shape index (κ3) is 4.49. The van der Waals surface area contributed by atoms with Crippen LogP contribution in [0.5, 0.6) is 5.75 Å². The van der Waals surface area contributed by atoms with E-state index in [1.807, 2.05) is 51.1 Å². The van der Waals surface area contributed by atoms with Gasteiger partial charge in [0, 0.05) is 15.2 Å². The fourth-order valence-corrected chi connectivity index (χ4v) is 2.82. The van der Waals surface area contributed by atoms with E-state index in [1.165, 1.54) is 0 Å². The van der Waals surface area contributed by atoms with Gasteiger partial charge < -0.3 is 10.1 Å². The lowest BCUT2D eigenvalue weighted by molar-refractivity contribution is -0.122. The van der Waals surface area contributed by atoms with E-state index in [9.17, 15) is 4.79 Å². The van der Waals surface area contributed by atoms with Crippen molar-refractivity contribution < 1.29 is 9.53 Å². The second-order valence-corrected chi connectivity index (χ2v) is 6.87. The SMILES string of the molecule is Cc1cc(Br)ccc1NC(=O)C(C)Oc1cc(C)c(Cl)c(C)c1. The second kappa shape index (κ2) is 7.37. The van der Waals surface area contributed by atoms with Gasteiger partial charge in [0.15, 0.2) is 6.10 Å². The molecule has 1 N–H and O–H groups in total. The summed E-state index contributed by atoms with van der Waals surface area (Å²) in [6, 6.07) is 9.38. The maximum Gasteiger partial charge on any atom is 0.265 e. The number of aryl methyl sites for hydroxylation is 3. The number of halogens is 2. The first-order valence-corrected chi connectivity index (χ1v) is 8.45. The summed E-state index contributed by atoms with van der Waals surface area (Å²) in [4.78, 5) is 12.3. The minimum absolute atomic E-state index is 0.194. The van der Waals surface area contributed by atoms with Crippen molar-refractivity contribution in [1.29, 1.82) is 0 Å². The van der Waals surface area contributed by atoms with Gasteiger partial charge in [-0.2, -0.15) is 0 Å². The Bertz CT molecular complexity index is 723. The van der Waals surface area contributed by atoms with Crippen LogP contribution in [0.4, 0.5) is 5.69 Å². The zero-order valence-corrected chi connectivity index (χ0v) is 15.9. The van der Waals surface area contributed by atoms with E-state index in [0.29, 0.717) is 5.75 Å². The van der Waals surface area contributed by atoms with E-state index in [-0.39, 0.29) is 5.91 Å². The molecule has 2 rings (SSSR count). The molecule has 0 radical (unpaired) electrons. The predicted octanol–water partition coefficient (Wildman–Crippen LogP) is 5.43. The molecule has 122 valence electrons. The van der Waals surface area contributed by atoms with Gasteiger partial charge in [-0.05, 0) is 74.7 Å². The number of hydrogen-bond acceptors (Lipinski definition) is 2. The van der Waals surface area contributed by atoms with E-state index in [0.717, 1.165) is 31.9 Å². The van der Waals surface area contributed by atoms with E-state index < -0.39 is 6.10 Å². The van der Waals surface area contributed by atoms with Gasteiger partial charge in [-0.3, -0.25) is 4.79 Å². The number of benzene rings is 2. The first-order chi connectivity index (χ1) is 10.8. The van der Waals surface area contributed by atoms with Gasteiger partial charge in [-0.25, -0.2) is 0 Å². The van der Waals surface area contributed by atoms with Gasteiger partial charge in [0.2, 0.25) is 0 Å². The number of carbonyl (C=O) groups excluding carboxylic acids is 1. The second-order valence-electron chi connectivity index (χ2n) is 5.58. The lowest BCUT2D eigenvalue weighted by Gasteiger charge is -2.17. The van der Waals surface area contributed by atoms with Gasteiger partial charge in [0.1, 0.15) is 5.75 Å². The van der Waals surface area contributed by atoms with Crippen molar-refractivity contribution in [2.24, 2.45) is 0 Å². The van der Waals surface area contributed by atoms with Gasteiger partial charge in [-0.15, -0.1) is 0 Å². The minimum atomic E-state index is -0.613. The van der Waals surface area contributed by atoms with E-state index in [4.69, 9.17) is 16.3 Å². The van der Waals surface area contributed by atoms with Gasteiger partial charge in [0.05, 0.1) is 0 Å². The lowest BCUT2D eigenvalue weighted by atomic mass is 10.1. The van der Waals surface area contributed by atoms with Crippen LogP contribution in [0.25, 0.3) is 0 Å². The fourth-order valence-electron chi connectivity index (χ4n) is 2.23. The molecule has 1 unspecified atom stereocenters. The average Bonchev–Trinajstić information content (AvgIpc) is 2.47. The van der Waals surface area contributed by atoms with Crippen LogP contribution < -0.4 is 10.1 Å². The van der Waals surface area contributed by atoms with Crippen molar-refractivity contribution in [2.45, 2.75) is 33.8 Å². The molecule has 0 aromatic heterocycles. The molecule has 2 aromatic carbocycles. The highest BCUT2D eigenvalue weighted by Gasteiger charge is 2.16. The molecule has 0 aliphatic heterocycles. The van der Waals surface area contributed by atoms with Crippen molar-refractivity contribution in [3.63, 3.8) is 0 Å². The van der Waals surface area contributed by atoms with Crippen molar-refractivity contribution in [3.05, 3.63) is 56.5 Å². The monoisotopic (exact) mass is 395 g/mol. The van der Waals surface area contributed by atoms with E-state index in [1.54, 1.807) is 6.92 Å². The molecular formula is C18H19BrClNO2. The summed E-state index contributed by atoms with van der Waals surface area (Å²) >= 11 is 9.55. The molecule has 0 aliphatic rings. The van der Waals surface area contributed by atoms with Crippen LogP contribution in [0.2, 0.25) is 5.02 Å². The quantitative estimate of drug-likeness (QED) is 0.748. The summed E-state index contributed by atoms with van der Waals surface area (Å²) in [6.45, 7) is 7.50. The first kappa shape index (κ1) is 17.8. The van der Waals surface area contributed by atoms with Crippen LogP contribution in [0, 0.1) is 20.8 Å². The molecule has 5 heteroatoms. The summed E-state index contributed by atoms with van der Waals surface area (Å²) in [5.74, 6) is 0.445. The van der Waals surface area contributed by atoms with Crippen LogP contribution in [0.1, 0.15) is 23.6 Å². The molecular weight excluding hydrogens is 378 g/mol. The molecule has 0 spiro atoms. The summed E-state index contributed by atoms with van der Waals surface area (Å²) in [7, 11) is 0. The third-order valence-electron chi connectivity index (χ3n) is 3.54. The Morgan fingerprint density at radius 1 is 1.13 bits per heavy atom. The molecule has 0 saturated heterocycles. The molecule has 0 fully saturated rings. The first-order valence-electron chi connectivity index (χ1n) is 7.28. The molecule has 0 saturated carbocycles. The average molecular weight is 397 g/mol. The topological polar surface area (TPSA) is 38.3 Å². The highest BCUT2D eigenvalue weighted by Crippen LogP contribution is 2.27.